The summed E-state index contributed by atoms with van der Waals surface area (Å²) in [5, 5.41) is 5.44. The molecule has 0 atom stereocenters. The highest BCUT2D eigenvalue weighted by atomic mass is 16.2. The molecule has 2 aromatic rings. The number of amides is 2. The first kappa shape index (κ1) is 12.8. The van der Waals surface area contributed by atoms with E-state index in [2.05, 4.69) is 15.6 Å². The van der Waals surface area contributed by atoms with Gasteiger partial charge in [0, 0.05) is 30.2 Å². The Hall–Kier alpha value is -2.63. The van der Waals surface area contributed by atoms with Gasteiger partial charge in [-0.3, -0.25) is 9.36 Å². The molecule has 0 radical (unpaired) electrons. The Morgan fingerprint density at radius 2 is 2.00 bits per heavy atom. The molecule has 19 heavy (non-hydrogen) atoms. The van der Waals surface area contributed by atoms with Crippen LogP contribution in [0.1, 0.15) is 13.3 Å². The molecule has 0 aliphatic rings. The number of hydrogen-bond acceptors (Lipinski definition) is 3. The predicted molar refractivity (Wildman–Crippen MR) is 72.0 cm³/mol. The minimum atomic E-state index is -0.309. The lowest BCUT2D eigenvalue weighted by molar-refractivity contribution is -0.115. The molecule has 0 saturated heterocycles. The summed E-state index contributed by atoms with van der Waals surface area (Å²) in [7, 11) is 0. The molecule has 0 aliphatic carbocycles. The van der Waals surface area contributed by atoms with Gasteiger partial charge in [-0.1, -0.05) is 13.0 Å². The normalized spacial score (nSPS) is 9.95. The SMILES string of the molecule is CCC(=O)Nc1cccc(NC(=O)n2ccnc2)c1. The van der Waals surface area contributed by atoms with Crippen LogP contribution in [0.2, 0.25) is 0 Å². The van der Waals surface area contributed by atoms with Crippen molar-refractivity contribution in [1.82, 2.24) is 9.55 Å². The highest BCUT2D eigenvalue weighted by molar-refractivity contribution is 5.94. The van der Waals surface area contributed by atoms with E-state index >= 15 is 0 Å². The first-order chi connectivity index (χ1) is 9.19. The zero-order chi connectivity index (χ0) is 13.7. The highest BCUT2D eigenvalue weighted by Gasteiger charge is 2.05. The second kappa shape index (κ2) is 5.81. The molecule has 6 heteroatoms. The Morgan fingerprint density at radius 3 is 2.63 bits per heavy atom. The van der Waals surface area contributed by atoms with Crippen LogP contribution >= 0.6 is 0 Å². The molecule has 1 heterocycles. The highest BCUT2D eigenvalue weighted by Crippen LogP contribution is 2.15. The van der Waals surface area contributed by atoms with Crippen LogP contribution in [-0.4, -0.2) is 21.5 Å². The van der Waals surface area contributed by atoms with Gasteiger partial charge in [-0.2, -0.15) is 0 Å². The lowest BCUT2D eigenvalue weighted by Gasteiger charge is -2.08. The minimum Gasteiger partial charge on any atom is -0.326 e. The number of imidazole rings is 1. The number of aromatic nitrogens is 2. The van der Waals surface area contributed by atoms with E-state index in [-0.39, 0.29) is 11.9 Å². The van der Waals surface area contributed by atoms with Crippen LogP contribution in [-0.2, 0) is 4.79 Å². The van der Waals surface area contributed by atoms with Crippen molar-refractivity contribution in [2.45, 2.75) is 13.3 Å². The lowest BCUT2D eigenvalue weighted by atomic mass is 10.2. The number of hydrogen-bond donors (Lipinski definition) is 2. The van der Waals surface area contributed by atoms with E-state index in [1.807, 2.05) is 0 Å². The maximum Gasteiger partial charge on any atom is 0.331 e. The fourth-order valence-electron chi connectivity index (χ4n) is 1.49. The smallest absolute Gasteiger partial charge is 0.326 e. The first-order valence-corrected chi connectivity index (χ1v) is 5.88. The fraction of sp³-hybridized carbons (Fsp3) is 0.154. The van der Waals surface area contributed by atoms with Gasteiger partial charge >= 0.3 is 6.03 Å². The van der Waals surface area contributed by atoms with Crippen LogP contribution in [0.25, 0.3) is 0 Å². The Labute approximate surface area is 110 Å². The van der Waals surface area contributed by atoms with Crippen molar-refractivity contribution >= 4 is 23.3 Å². The maximum atomic E-state index is 11.8. The van der Waals surface area contributed by atoms with Crippen LogP contribution in [0.5, 0.6) is 0 Å². The molecule has 2 amide bonds. The average molecular weight is 258 g/mol. The summed E-state index contributed by atoms with van der Waals surface area (Å²) in [4.78, 5) is 26.9. The van der Waals surface area contributed by atoms with Crippen molar-refractivity contribution in [2.75, 3.05) is 10.6 Å². The molecule has 0 spiro atoms. The molecule has 0 bridgehead atoms. The third-order valence-electron chi connectivity index (χ3n) is 2.46. The Kier molecular flexibility index (Phi) is 3.92. The summed E-state index contributed by atoms with van der Waals surface area (Å²) in [6.45, 7) is 1.78. The molecule has 0 unspecified atom stereocenters. The summed E-state index contributed by atoms with van der Waals surface area (Å²) in [6.07, 6.45) is 4.90. The molecule has 0 saturated carbocycles. The first-order valence-electron chi connectivity index (χ1n) is 5.88. The zero-order valence-corrected chi connectivity index (χ0v) is 10.5. The predicted octanol–water partition coefficient (Wildman–Crippen LogP) is 2.31. The molecule has 1 aromatic heterocycles. The molecule has 2 rings (SSSR count). The van der Waals surface area contributed by atoms with Crippen molar-refractivity contribution in [3.63, 3.8) is 0 Å². The van der Waals surface area contributed by atoms with Gasteiger partial charge in [0.2, 0.25) is 5.91 Å². The van der Waals surface area contributed by atoms with E-state index in [9.17, 15) is 9.59 Å². The van der Waals surface area contributed by atoms with E-state index in [0.29, 0.717) is 17.8 Å². The summed E-state index contributed by atoms with van der Waals surface area (Å²) in [5.74, 6) is -0.0712. The molecular weight excluding hydrogens is 244 g/mol. The van der Waals surface area contributed by atoms with Crippen molar-refractivity contribution in [3.8, 4) is 0 Å². The van der Waals surface area contributed by atoms with Crippen LogP contribution in [0.3, 0.4) is 0 Å². The van der Waals surface area contributed by atoms with Gasteiger partial charge in [0.15, 0.2) is 0 Å². The molecule has 98 valence electrons. The van der Waals surface area contributed by atoms with Crippen molar-refractivity contribution < 1.29 is 9.59 Å². The van der Waals surface area contributed by atoms with E-state index in [4.69, 9.17) is 0 Å². The topological polar surface area (TPSA) is 76.0 Å². The standard InChI is InChI=1S/C13H14N4O2/c1-2-12(18)15-10-4-3-5-11(8-10)16-13(19)17-7-6-14-9-17/h3-9H,2H2,1H3,(H,15,18)(H,16,19). The van der Waals surface area contributed by atoms with E-state index in [0.717, 1.165) is 0 Å². The van der Waals surface area contributed by atoms with Gasteiger partial charge in [0.25, 0.3) is 0 Å². The van der Waals surface area contributed by atoms with Gasteiger partial charge in [0.1, 0.15) is 6.33 Å². The van der Waals surface area contributed by atoms with Crippen molar-refractivity contribution in [2.24, 2.45) is 0 Å². The summed E-state index contributed by atoms with van der Waals surface area (Å²) in [5.41, 5.74) is 1.25. The second-order valence-electron chi connectivity index (χ2n) is 3.88. The van der Waals surface area contributed by atoms with Gasteiger partial charge < -0.3 is 10.6 Å². The minimum absolute atomic E-state index is 0.0712. The third kappa shape index (κ3) is 3.41. The molecule has 0 fully saturated rings. The van der Waals surface area contributed by atoms with Gasteiger partial charge in [0.05, 0.1) is 0 Å². The fourth-order valence-corrected chi connectivity index (χ4v) is 1.49. The quantitative estimate of drug-likeness (QED) is 0.887. The van der Waals surface area contributed by atoms with Gasteiger partial charge in [-0.15, -0.1) is 0 Å². The largest absolute Gasteiger partial charge is 0.331 e. The number of nitrogens with zero attached hydrogens (tertiary/aromatic N) is 2. The van der Waals surface area contributed by atoms with Crippen LogP contribution < -0.4 is 10.6 Å². The number of benzene rings is 1. The lowest BCUT2D eigenvalue weighted by Crippen LogP contribution is -2.18. The number of nitrogens with one attached hydrogen (secondary N) is 2. The van der Waals surface area contributed by atoms with E-state index < -0.39 is 0 Å². The number of carbonyl (C=O) groups excluding carboxylic acids is 2. The van der Waals surface area contributed by atoms with Gasteiger partial charge in [-0.25, -0.2) is 9.78 Å². The molecule has 6 nitrogen and oxygen atoms in total. The summed E-state index contributed by atoms with van der Waals surface area (Å²) >= 11 is 0. The Balaban J connectivity index is 2.07. The number of anilines is 2. The van der Waals surface area contributed by atoms with Gasteiger partial charge in [-0.05, 0) is 18.2 Å². The molecule has 2 N–H and O–H groups in total. The summed E-state index contributed by atoms with van der Waals surface area (Å²) in [6, 6.07) is 6.66. The Bertz CT molecular complexity index is 578. The summed E-state index contributed by atoms with van der Waals surface area (Å²) < 4.78 is 1.33. The van der Waals surface area contributed by atoms with E-state index in [1.165, 1.54) is 17.1 Å². The molecular formula is C13H14N4O2. The van der Waals surface area contributed by atoms with Crippen LogP contribution in [0, 0.1) is 0 Å². The Morgan fingerprint density at radius 1 is 1.26 bits per heavy atom. The second-order valence-corrected chi connectivity index (χ2v) is 3.88. The van der Waals surface area contributed by atoms with Crippen molar-refractivity contribution in [3.05, 3.63) is 43.0 Å². The molecule has 0 aliphatic heterocycles. The van der Waals surface area contributed by atoms with Crippen molar-refractivity contribution in [1.29, 1.82) is 0 Å². The number of carbonyl (C=O) groups is 2. The molecule has 1 aromatic carbocycles. The monoisotopic (exact) mass is 258 g/mol. The van der Waals surface area contributed by atoms with Crippen LogP contribution in [0.4, 0.5) is 16.2 Å². The zero-order valence-electron chi connectivity index (χ0n) is 10.5. The average Bonchev–Trinajstić information content (AvgIpc) is 2.93. The maximum absolute atomic E-state index is 11.8. The third-order valence-corrected chi connectivity index (χ3v) is 2.46. The van der Waals surface area contributed by atoms with E-state index in [1.54, 1.807) is 37.4 Å². The number of rotatable bonds is 3. The van der Waals surface area contributed by atoms with Crippen LogP contribution in [0.15, 0.2) is 43.0 Å².